The fraction of sp³-hybridized carbons (Fsp3) is 0.333. The third kappa shape index (κ3) is 2.10. The second-order valence-electron chi connectivity index (χ2n) is 5.24. The van der Waals surface area contributed by atoms with Crippen molar-refractivity contribution in [2.45, 2.75) is 19.3 Å². The summed E-state index contributed by atoms with van der Waals surface area (Å²) in [5.41, 5.74) is 1.19. The number of nitriles is 1. The maximum atomic E-state index is 9.14. The molecule has 0 aliphatic carbocycles. The van der Waals surface area contributed by atoms with E-state index in [0.717, 1.165) is 22.8 Å². The van der Waals surface area contributed by atoms with E-state index in [1.54, 1.807) is 6.20 Å². The van der Waals surface area contributed by atoms with Crippen LogP contribution in [0.5, 0.6) is 11.5 Å². The van der Waals surface area contributed by atoms with Crippen molar-refractivity contribution < 1.29 is 9.47 Å². The first-order valence-electron chi connectivity index (χ1n) is 6.47. The van der Waals surface area contributed by atoms with E-state index in [9.17, 15) is 0 Å². The van der Waals surface area contributed by atoms with Crippen LogP contribution in [0.15, 0.2) is 24.4 Å². The number of nitrogens with zero attached hydrogens (tertiary/aromatic N) is 2. The summed E-state index contributed by atoms with van der Waals surface area (Å²) in [5.74, 6) is 2.16. The lowest BCUT2D eigenvalue weighted by Gasteiger charge is -2.18. The lowest BCUT2D eigenvalue weighted by Crippen LogP contribution is -2.16. The predicted octanol–water partition coefficient (Wildman–Crippen LogP) is 2.65. The van der Waals surface area contributed by atoms with Crippen LogP contribution in [0.2, 0.25) is 0 Å². The standard InChI is InChI=1S/C15H15N3O2/c1-15(2,9-16)14-17-8-11(18-14)10-3-4-12-13(7-10)20-6-5-19-12/h3-4,7-8H,5-6H2,1-2H3,(H,17,18). The van der Waals surface area contributed by atoms with E-state index in [-0.39, 0.29) is 0 Å². The molecule has 5 heteroatoms. The summed E-state index contributed by atoms with van der Waals surface area (Å²) in [6, 6.07) is 7.99. The van der Waals surface area contributed by atoms with Crippen molar-refractivity contribution in [3.05, 3.63) is 30.2 Å². The fourth-order valence-corrected chi connectivity index (χ4v) is 2.05. The quantitative estimate of drug-likeness (QED) is 0.909. The molecular formula is C15H15N3O2. The molecule has 1 aromatic heterocycles. The Balaban J connectivity index is 1.96. The Bertz CT molecular complexity index is 683. The average Bonchev–Trinajstić information content (AvgIpc) is 2.97. The number of nitrogens with one attached hydrogen (secondary N) is 1. The molecule has 1 aliphatic rings. The van der Waals surface area contributed by atoms with Crippen LogP contribution in [-0.4, -0.2) is 23.2 Å². The van der Waals surface area contributed by atoms with Crippen molar-refractivity contribution >= 4 is 0 Å². The van der Waals surface area contributed by atoms with Gasteiger partial charge < -0.3 is 14.5 Å². The van der Waals surface area contributed by atoms with Gasteiger partial charge >= 0.3 is 0 Å². The van der Waals surface area contributed by atoms with Crippen LogP contribution >= 0.6 is 0 Å². The van der Waals surface area contributed by atoms with Crippen molar-refractivity contribution in [1.29, 1.82) is 5.26 Å². The van der Waals surface area contributed by atoms with Crippen LogP contribution < -0.4 is 9.47 Å². The van der Waals surface area contributed by atoms with E-state index >= 15 is 0 Å². The molecule has 2 heterocycles. The number of imidazole rings is 1. The number of rotatable bonds is 2. The largest absolute Gasteiger partial charge is 0.486 e. The van der Waals surface area contributed by atoms with Gasteiger partial charge in [0, 0.05) is 5.56 Å². The van der Waals surface area contributed by atoms with Gasteiger partial charge in [-0.2, -0.15) is 5.26 Å². The third-order valence-electron chi connectivity index (χ3n) is 3.30. The predicted molar refractivity (Wildman–Crippen MR) is 73.7 cm³/mol. The number of aromatic nitrogens is 2. The summed E-state index contributed by atoms with van der Waals surface area (Å²) in [6.45, 7) is 4.81. The van der Waals surface area contributed by atoms with Crippen molar-refractivity contribution in [3.8, 4) is 28.8 Å². The number of H-pyrrole nitrogens is 1. The van der Waals surface area contributed by atoms with Gasteiger partial charge in [0.2, 0.25) is 0 Å². The minimum absolute atomic E-state index is 0.562. The molecule has 0 bridgehead atoms. The average molecular weight is 269 g/mol. The normalized spacial score (nSPS) is 13.8. The Labute approximate surface area is 117 Å². The molecule has 0 fully saturated rings. The maximum Gasteiger partial charge on any atom is 0.162 e. The molecule has 1 aliphatic heterocycles. The second-order valence-corrected chi connectivity index (χ2v) is 5.24. The molecule has 20 heavy (non-hydrogen) atoms. The second kappa shape index (κ2) is 4.57. The molecule has 0 unspecified atom stereocenters. The Morgan fingerprint density at radius 2 is 2.00 bits per heavy atom. The van der Waals surface area contributed by atoms with E-state index < -0.39 is 5.41 Å². The molecule has 1 N–H and O–H groups in total. The van der Waals surface area contributed by atoms with Gasteiger partial charge in [0.25, 0.3) is 0 Å². The lowest BCUT2D eigenvalue weighted by molar-refractivity contribution is 0.171. The Kier molecular flexibility index (Phi) is 2.87. The molecule has 5 nitrogen and oxygen atoms in total. The van der Waals surface area contributed by atoms with E-state index in [1.807, 2.05) is 32.0 Å². The number of ether oxygens (including phenoxy) is 2. The van der Waals surface area contributed by atoms with Crippen LogP contribution in [0, 0.1) is 11.3 Å². The molecule has 0 amide bonds. The molecule has 0 atom stereocenters. The SMILES string of the molecule is CC(C)(C#N)c1ncc(-c2ccc3c(c2)OCCO3)[nH]1. The van der Waals surface area contributed by atoms with Crippen LogP contribution in [0.3, 0.4) is 0 Å². The molecule has 2 aromatic rings. The summed E-state index contributed by atoms with van der Waals surface area (Å²) in [6.07, 6.45) is 1.74. The monoisotopic (exact) mass is 269 g/mol. The zero-order chi connectivity index (χ0) is 14.2. The topological polar surface area (TPSA) is 70.9 Å². The molecule has 0 spiro atoms. The van der Waals surface area contributed by atoms with Crippen molar-refractivity contribution in [2.24, 2.45) is 0 Å². The van der Waals surface area contributed by atoms with Gasteiger partial charge in [0.05, 0.1) is 18.0 Å². The first-order chi connectivity index (χ1) is 9.60. The van der Waals surface area contributed by atoms with Crippen LogP contribution in [0.1, 0.15) is 19.7 Å². The maximum absolute atomic E-state index is 9.14. The number of hydrogen-bond donors (Lipinski definition) is 1. The highest BCUT2D eigenvalue weighted by atomic mass is 16.6. The number of fused-ring (bicyclic) bond motifs is 1. The summed E-state index contributed by atoms with van der Waals surface area (Å²) in [4.78, 5) is 7.49. The smallest absolute Gasteiger partial charge is 0.162 e. The van der Waals surface area contributed by atoms with Gasteiger partial charge in [0.1, 0.15) is 24.5 Å². The lowest BCUT2D eigenvalue weighted by atomic mass is 9.95. The summed E-state index contributed by atoms with van der Waals surface area (Å²) < 4.78 is 11.1. The van der Waals surface area contributed by atoms with Crippen molar-refractivity contribution in [1.82, 2.24) is 9.97 Å². The number of aromatic amines is 1. The van der Waals surface area contributed by atoms with Crippen LogP contribution in [-0.2, 0) is 5.41 Å². The Hall–Kier alpha value is -2.48. The highest BCUT2D eigenvalue weighted by Crippen LogP contribution is 2.34. The Morgan fingerprint density at radius 3 is 2.75 bits per heavy atom. The highest BCUT2D eigenvalue weighted by molar-refractivity contribution is 5.64. The molecule has 3 rings (SSSR count). The van der Waals surface area contributed by atoms with Gasteiger partial charge in [-0.25, -0.2) is 4.98 Å². The summed E-state index contributed by atoms with van der Waals surface area (Å²) in [5, 5.41) is 9.14. The molecule has 0 saturated heterocycles. The molecule has 102 valence electrons. The van der Waals surface area contributed by atoms with Gasteiger partial charge in [-0.15, -0.1) is 0 Å². The van der Waals surface area contributed by atoms with E-state index in [1.165, 1.54) is 0 Å². The molecule has 0 saturated carbocycles. The number of benzene rings is 1. The van der Waals surface area contributed by atoms with Crippen LogP contribution in [0.25, 0.3) is 11.3 Å². The third-order valence-corrected chi connectivity index (χ3v) is 3.30. The van der Waals surface area contributed by atoms with Gasteiger partial charge in [0.15, 0.2) is 11.5 Å². The highest BCUT2D eigenvalue weighted by Gasteiger charge is 2.24. The first-order valence-corrected chi connectivity index (χ1v) is 6.47. The molecular weight excluding hydrogens is 254 g/mol. The van der Waals surface area contributed by atoms with E-state index in [4.69, 9.17) is 14.7 Å². The summed E-state index contributed by atoms with van der Waals surface area (Å²) in [7, 11) is 0. The number of hydrogen-bond acceptors (Lipinski definition) is 4. The van der Waals surface area contributed by atoms with Crippen LogP contribution in [0.4, 0.5) is 0 Å². The van der Waals surface area contributed by atoms with Gasteiger partial charge in [-0.1, -0.05) is 0 Å². The molecule has 0 radical (unpaired) electrons. The summed E-state index contributed by atoms with van der Waals surface area (Å²) >= 11 is 0. The molecule has 1 aromatic carbocycles. The zero-order valence-corrected chi connectivity index (χ0v) is 11.4. The van der Waals surface area contributed by atoms with E-state index in [2.05, 4.69) is 16.0 Å². The first kappa shape index (κ1) is 12.5. The Morgan fingerprint density at radius 1 is 1.25 bits per heavy atom. The fourth-order valence-electron chi connectivity index (χ4n) is 2.05. The van der Waals surface area contributed by atoms with Gasteiger partial charge in [-0.05, 0) is 32.0 Å². The van der Waals surface area contributed by atoms with Crippen molar-refractivity contribution in [2.75, 3.05) is 13.2 Å². The van der Waals surface area contributed by atoms with Gasteiger partial charge in [-0.3, -0.25) is 0 Å². The minimum atomic E-state index is -0.633. The minimum Gasteiger partial charge on any atom is -0.486 e. The van der Waals surface area contributed by atoms with E-state index in [0.29, 0.717) is 19.0 Å². The zero-order valence-electron chi connectivity index (χ0n) is 11.4. The van der Waals surface area contributed by atoms with Crippen molar-refractivity contribution in [3.63, 3.8) is 0 Å².